The number of nitrogens with zero attached hydrogens (tertiary/aromatic N) is 1. The van der Waals surface area contributed by atoms with Crippen LogP contribution >= 0.6 is 0 Å². The second-order valence-electron chi connectivity index (χ2n) is 4.31. The molecule has 1 amide bonds. The smallest absolute Gasteiger partial charge is 0.273 e. The van der Waals surface area contributed by atoms with Gasteiger partial charge in [-0.05, 0) is 24.6 Å². The number of carbonyl (C=O) groups excluding carboxylic acids is 1. The summed E-state index contributed by atoms with van der Waals surface area (Å²) in [5.41, 5.74) is 0.435. The van der Waals surface area contributed by atoms with Crippen molar-refractivity contribution in [3.8, 4) is 11.3 Å². The molecule has 0 aliphatic carbocycles. The summed E-state index contributed by atoms with van der Waals surface area (Å²) in [6.45, 7) is 2.58. The normalized spacial score (nSPS) is 10.6. The first kappa shape index (κ1) is 14.2. The van der Waals surface area contributed by atoms with E-state index in [9.17, 15) is 13.6 Å². The summed E-state index contributed by atoms with van der Waals surface area (Å²) in [5.74, 6) is -2.06. The zero-order chi connectivity index (χ0) is 14.5. The van der Waals surface area contributed by atoms with Crippen molar-refractivity contribution in [3.63, 3.8) is 0 Å². The molecule has 0 bridgehead atoms. The van der Waals surface area contributed by atoms with E-state index in [0.717, 1.165) is 25.0 Å². The van der Waals surface area contributed by atoms with Crippen molar-refractivity contribution < 1.29 is 18.1 Å². The van der Waals surface area contributed by atoms with Gasteiger partial charge in [0.25, 0.3) is 5.91 Å². The first-order chi connectivity index (χ1) is 9.61. The Morgan fingerprint density at radius 1 is 1.30 bits per heavy atom. The van der Waals surface area contributed by atoms with Gasteiger partial charge in [0.1, 0.15) is 0 Å². The van der Waals surface area contributed by atoms with Crippen molar-refractivity contribution in [3.05, 3.63) is 41.6 Å². The van der Waals surface area contributed by atoms with Gasteiger partial charge in [0.2, 0.25) is 0 Å². The third-order valence-corrected chi connectivity index (χ3v) is 2.76. The monoisotopic (exact) mass is 280 g/mol. The van der Waals surface area contributed by atoms with Crippen LogP contribution in [0.5, 0.6) is 0 Å². The lowest BCUT2D eigenvalue weighted by atomic mass is 10.1. The van der Waals surface area contributed by atoms with Crippen LogP contribution in [0.1, 0.15) is 30.3 Å². The van der Waals surface area contributed by atoms with E-state index in [1.165, 1.54) is 12.1 Å². The lowest BCUT2D eigenvalue weighted by Crippen LogP contribution is -2.24. The molecule has 0 aliphatic rings. The minimum atomic E-state index is -0.979. The summed E-state index contributed by atoms with van der Waals surface area (Å²) in [5, 5.41) is 6.31. The van der Waals surface area contributed by atoms with E-state index in [2.05, 4.69) is 10.5 Å². The summed E-state index contributed by atoms with van der Waals surface area (Å²) in [4.78, 5) is 11.7. The zero-order valence-electron chi connectivity index (χ0n) is 11.0. The highest BCUT2D eigenvalue weighted by Gasteiger charge is 2.14. The molecule has 0 saturated carbocycles. The Labute approximate surface area is 114 Å². The summed E-state index contributed by atoms with van der Waals surface area (Å²) >= 11 is 0. The molecule has 0 saturated heterocycles. The molecule has 0 atom stereocenters. The number of amides is 1. The average Bonchev–Trinajstić information content (AvgIpc) is 2.92. The number of benzene rings is 1. The lowest BCUT2D eigenvalue weighted by molar-refractivity contribution is 0.0944. The van der Waals surface area contributed by atoms with Crippen LogP contribution < -0.4 is 5.32 Å². The van der Waals surface area contributed by atoms with E-state index >= 15 is 0 Å². The molecule has 1 heterocycles. The standard InChI is InChI=1S/C14H14F2N2O2/c1-2-3-6-17-14(19)12-8-13(20-18-12)9-4-5-10(15)11(16)7-9/h4-5,7-8H,2-3,6H2,1H3,(H,17,19). The second kappa shape index (κ2) is 6.27. The number of halogens is 2. The Kier molecular flexibility index (Phi) is 4.45. The molecule has 0 aliphatic heterocycles. The molecule has 4 nitrogen and oxygen atoms in total. The van der Waals surface area contributed by atoms with Crippen molar-refractivity contribution >= 4 is 5.91 Å². The van der Waals surface area contributed by atoms with Gasteiger partial charge in [-0.1, -0.05) is 18.5 Å². The molecule has 0 unspecified atom stereocenters. The molecule has 1 N–H and O–H groups in total. The van der Waals surface area contributed by atoms with Crippen LogP contribution in [0.2, 0.25) is 0 Å². The third kappa shape index (κ3) is 3.20. The SMILES string of the molecule is CCCCNC(=O)c1cc(-c2ccc(F)c(F)c2)on1. The molecule has 1 aromatic carbocycles. The second-order valence-corrected chi connectivity index (χ2v) is 4.31. The van der Waals surface area contributed by atoms with Crippen LogP contribution in [0, 0.1) is 11.6 Å². The van der Waals surface area contributed by atoms with Crippen molar-refractivity contribution in [2.75, 3.05) is 6.54 Å². The zero-order valence-corrected chi connectivity index (χ0v) is 11.0. The summed E-state index contributed by atoms with van der Waals surface area (Å²) in [7, 11) is 0. The highest BCUT2D eigenvalue weighted by atomic mass is 19.2. The Hall–Kier alpha value is -2.24. The van der Waals surface area contributed by atoms with E-state index in [1.807, 2.05) is 6.92 Å². The number of hydrogen-bond donors (Lipinski definition) is 1. The molecular weight excluding hydrogens is 266 g/mol. The van der Waals surface area contributed by atoms with Crippen LogP contribution in [0.25, 0.3) is 11.3 Å². The fraction of sp³-hybridized carbons (Fsp3) is 0.286. The molecule has 2 aromatic rings. The minimum Gasteiger partial charge on any atom is -0.355 e. The topological polar surface area (TPSA) is 55.1 Å². The fourth-order valence-electron chi connectivity index (χ4n) is 1.64. The third-order valence-electron chi connectivity index (χ3n) is 2.76. The average molecular weight is 280 g/mol. The maximum Gasteiger partial charge on any atom is 0.273 e. The number of carbonyl (C=O) groups is 1. The molecule has 0 radical (unpaired) electrons. The summed E-state index contributed by atoms with van der Waals surface area (Å²) < 4.78 is 30.9. The summed E-state index contributed by atoms with van der Waals surface area (Å²) in [6, 6.07) is 4.74. The van der Waals surface area contributed by atoms with E-state index < -0.39 is 11.6 Å². The van der Waals surface area contributed by atoms with Gasteiger partial charge in [-0.2, -0.15) is 0 Å². The van der Waals surface area contributed by atoms with E-state index in [-0.39, 0.29) is 17.4 Å². The van der Waals surface area contributed by atoms with E-state index in [0.29, 0.717) is 12.1 Å². The molecule has 20 heavy (non-hydrogen) atoms. The molecular formula is C14H14F2N2O2. The Morgan fingerprint density at radius 3 is 2.80 bits per heavy atom. The first-order valence-electron chi connectivity index (χ1n) is 6.32. The molecule has 106 valence electrons. The first-order valence-corrected chi connectivity index (χ1v) is 6.32. The Bertz CT molecular complexity index is 611. The van der Waals surface area contributed by atoms with Gasteiger partial charge in [0, 0.05) is 18.2 Å². The van der Waals surface area contributed by atoms with Gasteiger partial charge in [0.05, 0.1) is 0 Å². The molecule has 1 aromatic heterocycles. The lowest BCUT2D eigenvalue weighted by Gasteiger charge is -1.99. The number of rotatable bonds is 5. The quantitative estimate of drug-likeness (QED) is 0.856. The van der Waals surface area contributed by atoms with Gasteiger partial charge in [-0.25, -0.2) is 8.78 Å². The van der Waals surface area contributed by atoms with E-state index in [4.69, 9.17) is 4.52 Å². The van der Waals surface area contributed by atoms with Crippen molar-refractivity contribution in [1.82, 2.24) is 10.5 Å². The van der Waals surface area contributed by atoms with Crippen LogP contribution in [0.15, 0.2) is 28.8 Å². The van der Waals surface area contributed by atoms with Crippen molar-refractivity contribution in [2.45, 2.75) is 19.8 Å². The Balaban J connectivity index is 2.12. The number of unbranched alkanes of at least 4 members (excludes halogenated alkanes) is 1. The number of nitrogens with one attached hydrogen (secondary N) is 1. The van der Waals surface area contributed by atoms with Gasteiger partial charge < -0.3 is 9.84 Å². The highest BCUT2D eigenvalue weighted by Crippen LogP contribution is 2.22. The summed E-state index contributed by atoms with van der Waals surface area (Å²) in [6.07, 6.45) is 1.85. The number of aromatic nitrogens is 1. The van der Waals surface area contributed by atoms with Crippen LogP contribution in [0.3, 0.4) is 0 Å². The van der Waals surface area contributed by atoms with E-state index in [1.54, 1.807) is 0 Å². The molecule has 2 rings (SSSR count). The minimum absolute atomic E-state index is 0.112. The predicted molar refractivity (Wildman–Crippen MR) is 69.1 cm³/mol. The van der Waals surface area contributed by atoms with Gasteiger partial charge in [-0.15, -0.1) is 0 Å². The molecule has 6 heteroatoms. The van der Waals surface area contributed by atoms with Crippen LogP contribution in [-0.4, -0.2) is 17.6 Å². The van der Waals surface area contributed by atoms with Gasteiger partial charge >= 0.3 is 0 Å². The maximum absolute atomic E-state index is 13.1. The maximum atomic E-state index is 13.1. The number of hydrogen-bond acceptors (Lipinski definition) is 3. The van der Waals surface area contributed by atoms with Crippen LogP contribution in [0.4, 0.5) is 8.78 Å². The van der Waals surface area contributed by atoms with Gasteiger partial charge in [0.15, 0.2) is 23.1 Å². The largest absolute Gasteiger partial charge is 0.355 e. The van der Waals surface area contributed by atoms with Gasteiger partial charge in [-0.3, -0.25) is 4.79 Å². The predicted octanol–water partition coefficient (Wildman–Crippen LogP) is 3.15. The van der Waals surface area contributed by atoms with Crippen molar-refractivity contribution in [1.29, 1.82) is 0 Å². The molecule has 0 spiro atoms. The van der Waals surface area contributed by atoms with Crippen LogP contribution in [-0.2, 0) is 0 Å². The highest BCUT2D eigenvalue weighted by molar-refractivity contribution is 5.93. The fourth-order valence-corrected chi connectivity index (χ4v) is 1.64. The van der Waals surface area contributed by atoms with Crippen molar-refractivity contribution in [2.24, 2.45) is 0 Å². The molecule has 0 fully saturated rings. The Morgan fingerprint density at radius 2 is 2.10 bits per heavy atom.